The summed E-state index contributed by atoms with van der Waals surface area (Å²) in [5, 5.41) is 3.36. The molecule has 2 heteroatoms. The van der Waals surface area contributed by atoms with Crippen molar-refractivity contribution in [3.05, 3.63) is 35.4 Å². The van der Waals surface area contributed by atoms with Crippen LogP contribution in [0.4, 0.5) is 5.69 Å². The molecular formula is C15H22N2. The van der Waals surface area contributed by atoms with Gasteiger partial charge in [0.05, 0.1) is 6.17 Å². The standard InChI is InChI=1S/C15H22N2/c1-2-3-4-5-9-13-11-12-8-6-7-10-14(12)17-15(13)16/h6-8,10-11,15,17H,2-5,9,16H2,1H3. The van der Waals surface area contributed by atoms with Gasteiger partial charge >= 0.3 is 0 Å². The summed E-state index contributed by atoms with van der Waals surface area (Å²) in [4.78, 5) is 0. The molecule has 0 radical (unpaired) electrons. The van der Waals surface area contributed by atoms with E-state index in [1.165, 1.54) is 36.8 Å². The number of nitrogens with two attached hydrogens (primary N) is 1. The third kappa shape index (κ3) is 3.10. The topological polar surface area (TPSA) is 38.0 Å². The van der Waals surface area contributed by atoms with E-state index in [9.17, 15) is 0 Å². The van der Waals surface area contributed by atoms with Gasteiger partial charge in [-0.15, -0.1) is 0 Å². The van der Waals surface area contributed by atoms with Crippen LogP contribution in [-0.4, -0.2) is 6.17 Å². The van der Waals surface area contributed by atoms with Crippen molar-refractivity contribution in [1.29, 1.82) is 0 Å². The lowest BCUT2D eigenvalue weighted by atomic mass is 9.97. The van der Waals surface area contributed by atoms with Gasteiger partial charge in [-0.25, -0.2) is 0 Å². The molecule has 1 atom stereocenters. The van der Waals surface area contributed by atoms with Gasteiger partial charge in [-0.05, 0) is 30.0 Å². The van der Waals surface area contributed by atoms with Gasteiger partial charge in [0.2, 0.25) is 0 Å². The molecule has 2 nitrogen and oxygen atoms in total. The number of unbranched alkanes of at least 4 members (excludes halogenated alkanes) is 3. The van der Waals surface area contributed by atoms with Crippen LogP contribution in [0.25, 0.3) is 6.08 Å². The van der Waals surface area contributed by atoms with Crippen molar-refractivity contribution in [3.63, 3.8) is 0 Å². The molecule has 1 aromatic carbocycles. The molecule has 0 fully saturated rings. The van der Waals surface area contributed by atoms with E-state index in [1.807, 2.05) is 6.07 Å². The second-order valence-corrected chi connectivity index (χ2v) is 4.74. The van der Waals surface area contributed by atoms with Crippen molar-refractivity contribution in [2.24, 2.45) is 5.73 Å². The predicted octanol–water partition coefficient (Wildman–Crippen LogP) is 3.75. The van der Waals surface area contributed by atoms with Gasteiger partial charge in [0, 0.05) is 5.69 Å². The second kappa shape index (κ2) is 5.87. The van der Waals surface area contributed by atoms with Crippen LogP contribution in [0.2, 0.25) is 0 Å². The van der Waals surface area contributed by atoms with E-state index in [4.69, 9.17) is 5.73 Å². The number of hydrogen-bond donors (Lipinski definition) is 2. The molecule has 0 amide bonds. The number of hydrogen-bond acceptors (Lipinski definition) is 2. The summed E-state index contributed by atoms with van der Waals surface area (Å²) >= 11 is 0. The summed E-state index contributed by atoms with van der Waals surface area (Å²) in [5.41, 5.74) is 9.88. The highest BCUT2D eigenvalue weighted by molar-refractivity contribution is 5.72. The zero-order chi connectivity index (χ0) is 12.1. The molecule has 2 rings (SSSR count). The zero-order valence-electron chi connectivity index (χ0n) is 10.6. The Kier molecular flexibility index (Phi) is 4.21. The van der Waals surface area contributed by atoms with Gasteiger partial charge in [-0.2, -0.15) is 0 Å². The first kappa shape index (κ1) is 12.2. The van der Waals surface area contributed by atoms with E-state index in [2.05, 4.69) is 36.5 Å². The normalized spacial score (nSPS) is 18.2. The highest BCUT2D eigenvalue weighted by Gasteiger charge is 2.15. The number of rotatable bonds is 5. The van der Waals surface area contributed by atoms with Crippen molar-refractivity contribution >= 4 is 11.8 Å². The summed E-state index contributed by atoms with van der Waals surface area (Å²) in [5.74, 6) is 0. The van der Waals surface area contributed by atoms with E-state index < -0.39 is 0 Å². The Balaban J connectivity index is 2.00. The molecule has 1 aliphatic rings. The van der Waals surface area contributed by atoms with Crippen LogP contribution < -0.4 is 11.1 Å². The van der Waals surface area contributed by atoms with Crippen LogP contribution in [0.15, 0.2) is 29.8 Å². The molecule has 1 heterocycles. The molecule has 17 heavy (non-hydrogen) atoms. The molecule has 1 unspecified atom stereocenters. The lowest BCUT2D eigenvalue weighted by molar-refractivity contribution is 0.647. The Morgan fingerprint density at radius 3 is 2.82 bits per heavy atom. The van der Waals surface area contributed by atoms with E-state index in [1.54, 1.807) is 0 Å². The van der Waals surface area contributed by atoms with Crippen molar-refractivity contribution in [1.82, 2.24) is 0 Å². The van der Waals surface area contributed by atoms with E-state index in [0.717, 1.165) is 12.1 Å². The molecule has 1 aliphatic heterocycles. The lowest BCUT2D eigenvalue weighted by Crippen LogP contribution is -2.33. The fourth-order valence-electron chi connectivity index (χ4n) is 2.29. The first-order chi connectivity index (χ1) is 8.31. The number of benzene rings is 1. The van der Waals surface area contributed by atoms with E-state index in [-0.39, 0.29) is 6.17 Å². The minimum absolute atomic E-state index is 0.00785. The third-order valence-electron chi connectivity index (χ3n) is 3.33. The molecule has 0 saturated heterocycles. The molecule has 92 valence electrons. The van der Waals surface area contributed by atoms with Crippen molar-refractivity contribution < 1.29 is 0 Å². The maximum Gasteiger partial charge on any atom is 0.0968 e. The minimum atomic E-state index is -0.00785. The van der Waals surface area contributed by atoms with Crippen molar-refractivity contribution in [3.8, 4) is 0 Å². The maximum atomic E-state index is 6.13. The number of nitrogens with one attached hydrogen (secondary N) is 1. The number of anilines is 1. The predicted molar refractivity (Wildman–Crippen MR) is 74.8 cm³/mol. The highest BCUT2D eigenvalue weighted by Crippen LogP contribution is 2.27. The lowest BCUT2D eigenvalue weighted by Gasteiger charge is -2.25. The van der Waals surface area contributed by atoms with Gasteiger partial charge in [-0.1, -0.05) is 50.5 Å². The van der Waals surface area contributed by atoms with Gasteiger partial charge < -0.3 is 11.1 Å². The van der Waals surface area contributed by atoms with Gasteiger partial charge in [0.1, 0.15) is 0 Å². The highest BCUT2D eigenvalue weighted by atomic mass is 15.0. The number of para-hydroxylation sites is 1. The average molecular weight is 230 g/mol. The first-order valence-electron chi connectivity index (χ1n) is 6.63. The fraction of sp³-hybridized carbons (Fsp3) is 0.467. The smallest absolute Gasteiger partial charge is 0.0968 e. The van der Waals surface area contributed by atoms with Crippen molar-refractivity contribution in [2.75, 3.05) is 5.32 Å². The molecule has 0 aliphatic carbocycles. The second-order valence-electron chi connectivity index (χ2n) is 4.74. The Hall–Kier alpha value is -1.28. The summed E-state index contributed by atoms with van der Waals surface area (Å²) in [6, 6.07) is 8.33. The summed E-state index contributed by atoms with van der Waals surface area (Å²) in [6.07, 6.45) is 8.52. The van der Waals surface area contributed by atoms with Gasteiger partial charge in [0.15, 0.2) is 0 Å². The Bertz CT molecular complexity index is 396. The van der Waals surface area contributed by atoms with Crippen LogP contribution in [-0.2, 0) is 0 Å². The number of fused-ring (bicyclic) bond motifs is 1. The van der Waals surface area contributed by atoms with Crippen LogP contribution >= 0.6 is 0 Å². The molecule has 1 aromatic rings. The SMILES string of the molecule is CCCCCCC1=Cc2ccccc2NC1N. The molecule has 0 spiro atoms. The van der Waals surface area contributed by atoms with Crippen LogP contribution in [0.3, 0.4) is 0 Å². The van der Waals surface area contributed by atoms with Crippen molar-refractivity contribution in [2.45, 2.75) is 45.2 Å². The monoisotopic (exact) mass is 230 g/mol. The van der Waals surface area contributed by atoms with Crippen LogP contribution in [0, 0.1) is 0 Å². The third-order valence-corrected chi connectivity index (χ3v) is 3.33. The first-order valence-corrected chi connectivity index (χ1v) is 6.63. The molecule has 3 N–H and O–H groups in total. The van der Waals surface area contributed by atoms with Crippen LogP contribution in [0.1, 0.15) is 44.6 Å². The van der Waals surface area contributed by atoms with Gasteiger partial charge in [-0.3, -0.25) is 0 Å². The quantitative estimate of drug-likeness (QED) is 0.756. The van der Waals surface area contributed by atoms with Gasteiger partial charge in [0.25, 0.3) is 0 Å². The minimum Gasteiger partial charge on any atom is -0.366 e. The zero-order valence-corrected chi connectivity index (χ0v) is 10.6. The maximum absolute atomic E-state index is 6.13. The summed E-state index contributed by atoms with van der Waals surface area (Å²) in [7, 11) is 0. The average Bonchev–Trinajstić information content (AvgIpc) is 2.35. The molecule has 0 bridgehead atoms. The summed E-state index contributed by atoms with van der Waals surface area (Å²) in [6.45, 7) is 2.24. The molecule has 0 saturated carbocycles. The fourth-order valence-corrected chi connectivity index (χ4v) is 2.29. The van der Waals surface area contributed by atoms with E-state index >= 15 is 0 Å². The summed E-state index contributed by atoms with van der Waals surface area (Å²) < 4.78 is 0. The van der Waals surface area contributed by atoms with Crippen LogP contribution in [0.5, 0.6) is 0 Å². The Morgan fingerprint density at radius 2 is 2.00 bits per heavy atom. The Morgan fingerprint density at radius 1 is 1.18 bits per heavy atom. The Labute approximate surface area is 104 Å². The molecular weight excluding hydrogens is 208 g/mol. The largest absolute Gasteiger partial charge is 0.366 e. The van der Waals surface area contributed by atoms with E-state index in [0.29, 0.717) is 0 Å². The molecule has 0 aromatic heterocycles.